The lowest BCUT2D eigenvalue weighted by Gasteiger charge is -2.07. The fraction of sp³-hybridized carbons (Fsp3) is 0. The summed E-state index contributed by atoms with van der Waals surface area (Å²) in [5.41, 5.74) is 0.917. The van der Waals surface area contributed by atoms with Crippen molar-refractivity contribution in [2.45, 2.75) is 0 Å². The summed E-state index contributed by atoms with van der Waals surface area (Å²) in [4.78, 5) is 24.7. The highest BCUT2D eigenvalue weighted by Gasteiger charge is 2.12. The van der Waals surface area contributed by atoms with Crippen molar-refractivity contribution in [3.63, 3.8) is 0 Å². The second-order valence-corrected chi connectivity index (χ2v) is 6.18. The second-order valence-electron chi connectivity index (χ2n) is 4.83. The lowest BCUT2D eigenvalue weighted by atomic mass is 10.2. The largest absolute Gasteiger partial charge is 0.423 e. The van der Waals surface area contributed by atoms with E-state index in [0.29, 0.717) is 26.9 Å². The van der Waals surface area contributed by atoms with E-state index in [9.17, 15) is 9.59 Å². The molecule has 24 heavy (non-hydrogen) atoms. The molecule has 1 N–H and O–H groups in total. The number of rotatable bonds is 4. The van der Waals surface area contributed by atoms with Gasteiger partial charge in [0.1, 0.15) is 5.75 Å². The highest BCUT2D eigenvalue weighted by atomic mass is 35.5. The first-order valence-electron chi connectivity index (χ1n) is 7.05. The third-order valence-corrected chi connectivity index (χ3v) is 4.36. The van der Waals surface area contributed by atoms with Crippen LogP contribution in [0.15, 0.2) is 66.0 Å². The van der Waals surface area contributed by atoms with Crippen LogP contribution in [-0.4, -0.2) is 11.9 Å². The molecular formula is C18H12ClNO3S. The third-order valence-electron chi connectivity index (χ3n) is 3.16. The number of halogens is 1. The molecule has 1 aromatic heterocycles. The average Bonchev–Trinajstić information content (AvgIpc) is 3.11. The summed E-state index contributed by atoms with van der Waals surface area (Å²) in [5, 5.41) is 4.95. The normalized spacial score (nSPS) is 10.2. The van der Waals surface area contributed by atoms with Crippen molar-refractivity contribution in [2.24, 2.45) is 0 Å². The van der Waals surface area contributed by atoms with Gasteiger partial charge in [-0.1, -0.05) is 29.8 Å². The van der Waals surface area contributed by atoms with Crippen LogP contribution in [0.4, 0.5) is 5.69 Å². The summed E-state index contributed by atoms with van der Waals surface area (Å²) >= 11 is 7.34. The van der Waals surface area contributed by atoms with Crippen molar-refractivity contribution >= 4 is 40.5 Å². The van der Waals surface area contributed by atoms with Gasteiger partial charge >= 0.3 is 5.97 Å². The molecule has 0 bridgehead atoms. The molecule has 3 aromatic rings. The van der Waals surface area contributed by atoms with Gasteiger partial charge in [0.15, 0.2) is 0 Å². The number of esters is 1. The number of carbonyl (C=O) groups is 2. The molecular weight excluding hydrogens is 346 g/mol. The van der Waals surface area contributed by atoms with Gasteiger partial charge in [0, 0.05) is 5.69 Å². The van der Waals surface area contributed by atoms with E-state index in [1.165, 1.54) is 11.3 Å². The van der Waals surface area contributed by atoms with Crippen LogP contribution >= 0.6 is 22.9 Å². The van der Waals surface area contributed by atoms with Gasteiger partial charge < -0.3 is 10.1 Å². The maximum atomic E-state index is 12.1. The number of ether oxygens (including phenoxy) is 1. The predicted octanol–water partition coefficient (Wildman–Crippen LogP) is 4.87. The summed E-state index contributed by atoms with van der Waals surface area (Å²) in [7, 11) is 0. The summed E-state index contributed by atoms with van der Waals surface area (Å²) in [6.07, 6.45) is 0. The van der Waals surface area contributed by atoms with Crippen LogP contribution in [0.3, 0.4) is 0 Å². The Morgan fingerprint density at radius 3 is 2.38 bits per heavy atom. The minimum Gasteiger partial charge on any atom is -0.423 e. The Kier molecular flexibility index (Phi) is 4.93. The van der Waals surface area contributed by atoms with E-state index in [2.05, 4.69) is 5.32 Å². The quantitative estimate of drug-likeness (QED) is 0.535. The van der Waals surface area contributed by atoms with Gasteiger partial charge in [-0.2, -0.15) is 0 Å². The standard InChI is InChI=1S/C18H12ClNO3S/c19-15-5-2-1-4-14(15)18(22)23-13-9-7-12(8-10-13)20-17(21)16-6-3-11-24-16/h1-11H,(H,20,21). The van der Waals surface area contributed by atoms with Crippen LogP contribution in [0, 0.1) is 0 Å². The van der Waals surface area contributed by atoms with Crippen LogP contribution in [0.5, 0.6) is 5.75 Å². The van der Waals surface area contributed by atoms with Crippen LogP contribution in [0.2, 0.25) is 5.02 Å². The number of benzene rings is 2. The summed E-state index contributed by atoms with van der Waals surface area (Å²) < 4.78 is 5.28. The van der Waals surface area contributed by atoms with Crippen molar-refractivity contribution in [3.05, 3.63) is 81.5 Å². The van der Waals surface area contributed by atoms with E-state index in [0.717, 1.165) is 0 Å². The van der Waals surface area contributed by atoms with Gasteiger partial charge in [-0.25, -0.2) is 4.79 Å². The van der Waals surface area contributed by atoms with Crippen molar-refractivity contribution in [3.8, 4) is 5.75 Å². The Morgan fingerprint density at radius 1 is 0.958 bits per heavy atom. The minimum absolute atomic E-state index is 0.175. The smallest absolute Gasteiger partial charge is 0.345 e. The number of hydrogen-bond donors (Lipinski definition) is 1. The molecule has 0 saturated carbocycles. The Bertz CT molecular complexity index is 860. The van der Waals surface area contributed by atoms with Crippen molar-refractivity contribution < 1.29 is 14.3 Å². The lowest BCUT2D eigenvalue weighted by molar-refractivity contribution is 0.0734. The zero-order valence-corrected chi connectivity index (χ0v) is 13.9. The Labute approximate surface area is 147 Å². The van der Waals surface area contributed by atoms with E-state index >= 15 is 0 Å². The average molecular weight is 358 g/mol. The summed E-state index contributed by atoms with van der Waals surface area (Å²) in [6, 6.07) is 16.8. The number of thiophene rings is 1. The number of hydrogen-bond acceptors (Lipinski definition) is 4. The van der Waals surface area contributed by atoms with E-state index < -0.39 is 5.97 Å². The number of amides is 1. The van der Waals surface area contributed by atoms with Gasteiger partial charge in [0.05, 0.1) is 15.5 Å². The molecule has 0 aliphatic heterocycles. The molecule has 0 aliphatic rings. The zero-order valence-electron chi connectivity index (χ0n) is 12.4. The first-order valence-corrected chi connectivity index (χ1v) is 8.31. The van der Waals surface area contributed by atoms with Gasteiger partial charge in [-0.05, 0) is 47.8 Å². The fourth-order valence-corrected chi connectivity index (χ4v) is 2.83. The molecule has 120 valence electrons. The Balaban J connectivity index is 1.65. The summed E-state index contributed by atoms with van der Waals surface area (Å²) in [6.45, 7) is 0. The maximum Gasteiger partial charge on any atom is 0.345 e. The van der Waals surface area contributed by atoms with Crippen LogP contribution in [0.25, 0.3) is 0 Å². The fourth-order valence-electron chi connectivity index (χ4n) is 2.00. The lowest BCUT2D eigenvalue weighted by Crippen LogP contribution is -2.11. The molecule has 3 rings (SSSR count). The molecule has 2 aromatic carbocycles. The Morgan fingerprint density at radius 2 is 1.71 bits per heavy atom. The van der Waals surface area contributed by atoms with E-state index in [-0.39, 0.29) is 5.91 Å². The zero-order chi connectivity index (χ0) is 16.9. The topological polar surface area (TPSA) is 55.4 Å². The predicted molar refractivity (Wildman–Crippen MR) is 95.1 cm³/mol. The monoisotopic (exact) mass is 357 g/mol. The molecule has 0 aliphatic carbocycles. The SMILES string of the molecule is O=C(Nc1ccc(OC(=O)c2ccccc2Cl)cc1)c1cccs1. The molecule has 1 amide bonds. The maximum absolute atomic E-state index is 12.1. The number of anilines is 1. The van der Waals surface area contributed by atoms with Gasteiger partial charge in [0.2, 0.25) is 0 Å². The molecule has 6 heteroatoms. The summed E-state index contributed by atoms with van der Waals surface area (Å²) in [5.74, 6) is -0.337. The molecule has 0 radical (unpaired) electrons. The molecule has 0 unspecified atom stereocenters. The number of carbonyl (C=O) groups excluding carboxylic acids is 2. The Hall–Kier alpha value is -2.63. The number of nitrogens with one attached hydrogen (secondary N) is 1. The molecule has 4 nitrogen and oxygen atoms in total. The van der Waals surface area contributed by atoms with Gasteiger partial charge in [-0.15, -0.1) is 11.3 Å². The van der Waals surface area contributed by atoms with Crippen molar-refractivity contribution in [1.29, 1.82) is 0 Å². The first-order chi connectivity index (χ1) is 11.6. The third kappa shape index (κ3) is 3.82. The van der Waals surface area contributed by atoms with Crippen molar-refractivity contribution in [2.75, 3.05) is 5.32 Å². The molecule has 0 saturated heterocycles. The van der Waals surface area contributed by atoms with E-state index in [4.69, 9.17) is 16.3 Å². The van der Waals surface area contributed by atoms with Crippen LogP contribution < -0.4 is 10.1 Å². The first kappa shape index (κ1) is 16.2. The second kappa shape index (κ2) is 7.29. The van der Waals surface area contributed by atoms with Gasteiger partial charge in [0.25, 0.3) is 5.91 Å². The minimum atomic E-state index is -0.532. The molecule has 1 heterocycles. The van der Waals surface area contributed by atoms with Crippen LogP contribution in [-0.2, 0) is 0 Å². The van der Waals surface area contributed by atoms with Crippen molar-refractivity contribution in [1.82, 2.24) is 0 Å². The highest BCUT2D eigenvalue weighted by molar-refractivity contribution is 7.12. The van der Waals surface area contributed by atoms with E-state index in [1.54, 1.807) is 54.6 Å². The molecule has 0 spiro atoms. The molecule has 0 fully saturated rings. The molecule has 0 atom stereocenters. The van der Waals surface area contributed by atoms with E-state index in [1.807, 2.05) is 11.4 Å². The highest BCUT2D eigenvalue weighted by Crippen LogP contribution is 2.21. The van der Waals surface area contributed by atoms with Crippen LogP contribution in [0.1, 0.15) is 20.0 Å². The van der Waals surface area contributed by atoms with Gasteiger partial charge in [-0.3, -0.25) is 4.79 Å².